The molecule has 0 saturated carbocycles. The second kappa shape index (κ2) is 37.2. The molecule has 6 aliphatic heterocycles. The van der Waals surface area contributed by atoms with Crippen molar-refractivity contribution in [1.29, 1.82) is 0 Å². The van der Waals surface area contributed by atoms with Crippen LogP contribution in [0.25, 0.3) is 45.6 Å². The smallest absolute Gasteiger partial charge is 0.323 e. The number of hydrogen-bond acceptors (Lipinski definition) is 27. The first kappa shape index (κ1) is 81.6. The van der Waals surface area contributed by atoms with Crippen LogP contribution < -0.4 is 31.9 Å². The standard InChI is InChI=1S/C26H29N7O7.C25H29N7O6.C24H27N7O7/c1-3-27-26(37)31-23-20-24(29-13-28-23)33(14-30-20)25-22-21(17(38-25)11-32(15(2)34)12-18(35)36)39-19(40-22)10-9-16-7-5-4-6-8-16;1-3-26-25(35)30-22-19-23(28-13-27-22)32(14-29-19)24-21-20(16(36-24)11-31(2)12-17(33)34)37-18(38-21)10-9-15-7-5-4-6-8-15;1-3-25-24(35)29-20-17-21(27-11-26-20)31(12-28-17)22-19-18(37-23(38-19)14-7-5-4-6-8-14)15(36-22)9-30(13(2)32)10-16(33)34/h4-10,13-14,17,19,21-22,25H,3,11-12H2,1-2H3,(H,35,36)(H2,27,28,29,31,37);4-10,13-14,16,18,20-21,24H,3,11-12H2,1-2H3,(H,33,34)(H2,26,27,28,30,35);4-8,11-12,15,18-19,22-23H,3,9-10H2,1-2H3,(H,33,34)(H2,25,26,27,29,35)/b2*10-9+;/t17?,19-,21?,22?,25?;16?,18-,20?,21?,24?;15?,18?,19?,22?,23-/m000/s1. The van der Waals surface area contributed by atoms with E-state index < -0.39 is 153 Å². The molecule has 6 aliphatic rings. The van der Waals surface area contributed by atoms with Crippen molar-refractivity contribution in [2.45, 2.75) is 127 Å². The van der Waals surface area contributed by atoms with E-state index in [0.717, 1.165) is 16.7 Å². The van der Waals surface area contributed by atoms with Gasteiger partial charge in [0, 0.05) is 45.6 Å². The summed E-state index contributed by atoms with van der Waals surface area (Å²) in [4.78, 5) is 137. The van der Waals surface area contributed by atoms with Gasteiger partial charge in [-0.3, -0.25) is 58.5 Å². The molecule has 610 valence electrons. The Morgan fingerprint density at radius 1 is 0.414 bits per heavy atom. The summed E-state index contributed by atoms with van der Waals surface area (Å²) in [6, 6.07) is 27.6. The number of fused-ring (bicyclic) bond motifs is 6. The van der Waals surface area contributed by atoms with Crippen LogP contribution in [-0.4, -0.2) is 270 Å². The number of anilines is 3. The Morgan fingerprint density at radius 3 is 1.09 bits per heavy atom. The van der Waals surface area contributed by atoms with Gasteiger partial charge in [0.15, 0.2) is 88.5 Å². The van der Waals surface area contributed by atoms with Crippen LogP contribution in [0.3, 0.4) is 0 Å². The molecular weight excluding hydrogens is 1510 g/mol. The molecule has 41 heteroatoms. The molecule has 12 heterocycles. The molecule has 0 bridgehead atoms. The second-order valence-electron chi connectivity index (χ2n) is 27.1. The molecule has 3 aromatic carbocycles. The van der Waals surface area contributed by atoms with Gasteiger partial charge in [0.1, 0.15) is 87.0 Å². The summed E-state index contributed by atoms with van der Waals surface area (Å²) in [5.41, 5.74) is 5.07. The van der Waals surface area contributed by atoms with Crippen LogP contribution in [-0.2, 0) is 66.6 Å². The molecule has 116 heavy (non-hydrogen) atoms. The number of amides is 8. The highest BCUT2D eigenvalue weighted by Crippen LogP contribution is 2.47. The van der Waals surface area contributed by atoms with Gasteiger partial charge in [-0.05, 0) is 51.1 Å². The number of aromatic nitrogens is 12. The number of carbonyl (C=O) groups is 8. The van der Waals surface area contributed by atoms with Crippen molar-refractivity contribution in [3.63, 3.8) is 0 Å². The number of carbonyl (C=O) groups excluding carboxylic acids is 5. The number of nitrogens with zero attached hydrogens (tertiary/aromatic N) is 15. The first-order valence-electron chi connectivity index (χ1n) is 37.0. The first-order valence-corrected chi connectivity index (χ1v) is 37.0. The molecule has 6 fully saturated rings. The average molecular weight is 1600 g/mol. The first-order chi connectivity index (χ1) is 56.1. The van der Waals surface area contributed by atoms with Crippen LogP contribution in [0.5, 0.6) is 0 Å². The zero-order chi connectivity index (χ0) is 81.7. The Hall–Kier alpha value is -12.5. The van der Waals surface area contributed by atoms with E-state index >= 15 is 0 Å². The summed E-state index contributed by atoms with van der Waals surface area (Å²) in [5.74, 6) is -3.32. The average Bonchev–Trinajstić information content (AvgIpc) is 1.59. The predicted octanol–water partition coefficient (Wildman–Crippen LogP) is 4.61. The van der Waals surface area contributed by atoms with Crippen molar-refractivity contribution in [3.05, 3.63) is 158 Å². The van der Waals surface area contributed by atoms with Gasteiger partial charge in [0.25, 0.3) is 0 Å². The third-order valence-electron chi connectivity index (χ3n) is 19.0. The van der Waals surface area contributed by atoms with Gasteiger partial charge in [-0.25, -0.2) is 59.2 Å². The molecule has 0 spiro atoms. The van der Waals surface area contributed by atoms with Gasteiger partial charge in [-0.1, -0.05) is 103 Å². The van der Waals surface area contributed by atoms with Crippen LogP contribution in [0.2, 0.25) is 0 Å². The Morgan fingerprint density at radius 2 is 0.741 bits per heavy atom. The highest BCUT2D eigenvalue weighted by Gasteiger charge is 2.57. The number of rotatable bonds is 26. The number of carboxylic acids is 3. The molecule has 15 rings (SSSR count). The van der Waals surface area contributed by atoms with E-state index in [1.807, 2.05) is 116 Å². The third-order valence-corrected chi connectivity index (χ3v) is 19.0. The van der Waals surface area contributed by atoms with E-state index in [4.69, 9.17) is 42.6 Å². The Kier molecular flexibility index (Phi) is 26.2. The summed E-state index contributed by atoms with van der Waals surface area (Å²) in [6.45, 7) is 8.51. The molecule has 9 aromatic rings. The number of carboxylic acid groups (broad SMARTS) is 3. The second-order valence-corrected chi connectivity index (χ2v) is 27.1. The van der Waals surface area contributed by atoms with Crippen molar-refractivity contribution in [2.24, 2.45) is 0 Å². The summed E-state index contributed by atoms with van der Waals surface area (Å²) in [5, 5.41) is 43.7. The van der Waals surface area contributed by atoms with Gasteiger partial charge in [0.2, 0.25) is 11.8 Å². The summed E-state index contributed by atoms with van der Waals surface area (Å²) < 4.78 is 61.5. The number of aliphatic carboxylic acids is 3. The predicted molar refractivity (Wildman–Crippen MR) is 408 cm³/mol. The van der Waals surface area contributed by atoms with Crippen LogP contribution in [0.4, 0.5) is 31.8 Å². The van der Waals surface area contributed by atoms with Gasteiger partial charge in [0.05, 0.1) is 38.6 Å². The van der Waals surface area contributed by atoms with E-state index in [1.165, 1.54) is 55.3 Å². The fraction of sp³-hybridized carbons (Fsp3) is 0.400. The largest absolute Gasteiger partial charge is 0.480 e. The monoisotopic (exact) mass is 1600 g/mol. The van der Waals surface area contributed by atoms with Gasteiger partial charge in [-0.15, -0.1) is 0 Å². The quantitative estimate of drug-likeness (QED) is 0.0357. The SMILES string of the molecule is CCNC(=O)Nc1ncnc2c1ncn2C1OC(CN(C)CC(=O)O)C2O[C@H](/C=C/c3ccccc3)OC21.CCNC(=O)Nc1ncnc2c1ncn2C1OC(CN(CC(=O)O)C(C)=O)C2O[C@H](/C=C/c3ccccc3)OC21.CCNC(=O)Nc1ncnc2c1ncn2C1OC(CN(CC(=O)O)C(C)=O)C2O[C@H](c3ccccc3)OC21. The number of nitrogens with one attached hydrogen (secondary N) is 6. The molecule has 0 radical (unpaired) electrons. The van der Waals surface area contributed by atoms with E-state index in [1.54, 1.807) is 51.9 Å². The van der Waals surface area contributed by atoms with Crippen molar-refractivity contribution < 1.29 is 96.3 Å². The molecule has 6 aromatic heterocycles. The lowest BCUT2D eigenvalue weighted by Gasteiger charge is -2.26. The summed E-state index contributed by atoms with van der Waals surface area (Å²) in [6.07, 6.45) is 6.32. The molecule has 15 atom stereocenters. The van der Waals surface area contributed by atoms with Crippen molar-refractivity contribution in [2.75, 3.05) is 81.9 Å². The third kappa shape index (κ3) is 19.1. The fourth-order valence-electron chi connectivity index (χ4n) is 13.9. The number of imidazole rings is 3. The normalized spacial score (nSPS) is 24.2. The topological polar surface area (TPSA) is 493 Å². The number of benzene rings is 3. The highest BCUT2D eigenvalue weighted by atomic mass is 16.8. The van der Waals surface area contributed by atoms with Gasteiger partial charge >= 0.3 is 36.0 Å². The Labute approximate surface area is 660 Å². The van der Waals surface area contributed by atoms with E-state index in [0.29, 0.717) is 59.7 Å². The van der Waals surface area contributed by atoms with Crippen LogP contribution >= 0.6 is 0 Å². The maximum atomic E-state index is 12.2. The van der Waals surface area contributed by atoms with E-state index in [9.17, 15) is 53.7 Å². The van der Waals surface area contributed by atoms with Crippen molar-refractivity contribution in [1.82, 2.24) is 89.2 Å². The van der Waals surface area contributed by atoms with Crippen LogP contribution in [0, 0.1) is 0 Å². The van der Waals surface area contributed by atoms with Crippen molar-refractivity contribution in [3.8, 4) is 0 Å². The minimum Gasteiger partial charge on any atom is -0.480 e. The molecule has 41 nitrogen and oxygen atoms in total. The maximum Gasteiger partial charge on any atom is 0.323 e. The Balaban J connectivity index is 0.000000151. The fourth-order valence-corrected chi connectivity index (χ4v) is 13.9. The number of hydrogen-bond donors (Lipinski definition) is 9. The molecule has 12 unspecified atom stereocenters. The van der Waals surface area contributed by atoms with Gasteiger partial charge in [-0.2, -0.15) is 0 Å². The molecule has 8 amide bonds. The minimum absolute atomic E-state index is 0.0181. The summed E-state index contributed by atoms with van der Waals surface area (Å²) in [7, 11) is 1.71. The molecule has 9 N–H and O–H groups in total. The number of likely N-dealkylation sites (N-methyl/N-ethyl adjacent to an activating group) is 1. The van der Waals surface area contributed by atoms with E-state index in [-0.39, 0.29) is 37.1 Å². The molecule has 6 saturated heterocycles. The minimum atomic E-state index is -1.14. The number of urea groups is 3. The lowest BCUT2D eigenvalue weighted by Crippen LogP contribution is -2.43. The van der Waals surface area contributed by atoms with Gasteiger partial charge < -0.3 is 83.7 Å². The van der Waals surface area contributed by atoms with Crippen LogP contribution in [0.1, 0.15) is 76.3 Å². The molecular formula is C75H85N21O20. The zero-order valence-electron chi connectivity index (χ0n) is 63.4. The maximum absolute atomic E-state index is 12.2. The highest BCUT2D eigenvalue weighted by molar-refractivity contribution is 5.97. The lowest BCUT2D eigenvalue weighted by molar-refractivity contribution is -0.157. The van der Waals surface area contributed by atoms with Crippen molar-refractivity contribution >= 4 is 111 Å². The summed E-state index contributed by atoms with van der Waals surface area (Å²) >= 11 is 0. The van der Waals surface area contributed by atoms with Crippen LogP contribution in [0.15, 0.2) is 141 Å². The molecule has 0 aliphatic carbocycles. The Bertz CT molecular complexity index is 5040. The zero-order valence-corrected chi connectivity index (χ0v) is 63.4. The lowest BCUT2D eigenvalue weighted by atomic mass is 10.1. The van der Waals surface area contributed by atoms with E-state index in [2.05, 4.69) is 76.8 Å². The number of ether oxygens (including phenoxy) is 9.